The number of aromatic amines is 1. The fourth-order valence-corrected chi connectivity index (χ4v) is 2.92. The predicted octanol–water partition coefficient (Wildman–Crippen LogP) is 2.86. The first-order valence-electron chi connectivity index (χ1n) is 10.0. The molecule has 1 aromatic carbocycles. The Kier molecular flexibility index (Phi) is 6.79. The Morgan fingerprint density at radius 1 is 1.29 bits per heavy atom. The molecule has 1 saturated carbocycles. The molecule has 2 aromatic rings. The SMILES string of the molecule is CCC(C)NC(=O)CCc1nnc(-c2ccc(OCC3CCC3)cc2)[nH]c1=O. The number of nitrogens with zero attached hydrogens (tertiary/aromatic N) is 2. The molecule has 1 aliphatic rings. The average molecular weight is 384 g/mol. The van der Waals surface area contributed by atoms with Crippen LogP contribution in [0.4, 0.5) is 0 Å². The number of ether oxygens (including phenoxy) is 1. The Labute approximate surface area is 164 Å². The summed E-state index contributed by atoms with van der Waals surface area (Å²) >= 11 is 0. The smallest absolute Gasteiger partial charge is 0.273 e. The van der Waals surface area contributed by atoms with Gasteiger partial charge in [0.25, 0.3) is 5.56 Å². The predicted molar refractivity (Wildman–Crippen MR) is 107 cm³/mol. The molecule has 28 heavy (non-hydrogen) atoms. The molecule has 1 fully saturated rings. The topological polar surface area (TPSA) is 97.0 Å². The van der Waals surface area contributed by atoms with E-state index < -0.39 is 0 Å². The van der Waals surface area contributed by atoms with Crippen LogP contribution in [0.15, 0.2) is 29.1 Å². The summed E-state index contributed by atoms with van der Waals surface area (Å²) in [5, 5.41) is 11.0. The Hall–Kier alpha value is -2.70. The van der Waals surface area contributed by atoms with Gasteiger partial charge in [-0.3, -0.25) is 9.59 Å². The van der Waals surface area contributed by atoms with E-state index in [1.807, 2.05) is 38.1 Å². The number of aromatic nitrogens is 3. The van der Waals surface area contributed by atoms with Crippen molar-refractivity contribution in [1.82, 2.24) is 20.5 Å². The number of hydrogen-bond acceptors (Lipinski definition) is 5. The van der Waals surface area contributed by atoms with Crippen LogP contribution in [0.25, 0.3) is 11.4 Å². The van der Waals surface area contributed by atoms with Crippen LogP contribution < -0.4 is 15.6 Å². The molecule has 1 unspecified atom stereocenters. The van der Waals surface area contributed by atoms with E-state index in [1.165, 1.54) is 19.3 Å². The first kappa shape index (κ1) is 20.0. The lowest BCUT2D eigenvalue weighted by Gasteiger charge is -2.25. The number of carbonyl (C=O) groups is 1. The summed E-state index contributed by atoms with van der Waals surface area (Å²) in [6, 6.07) is 7.59. The first-order valence-corrected chi connectivity index (χ1v) is 10.0. The fourth-order valence-electron chi connectivity index (χ4n) is 2.92. The lowest BCUT2D eigenvalue weighted by atomic mass is 9.86. The highest BCUT2D eigenvalue weighted by molar-refractivity contribution is 5.76. The van der Waals surface area contributed by atoms with Gasteiger partial charge in [0.05, 0.1) is 6.61 Å². The van der Waals surface area contributed by atoms with E-state index in [-0.39, 0.29) is 36.0 Å². The van der Waals surface area contributed by atoms with E-state index in [9.17, 15) is 9.59 Å². The van der Waals surface area contributed by atoms with Crippen LogP contribution in [-0.2, 0) is 11.2 Å². The van der Waals surface area contributed by atoms with Crippen molar-refractivity contribution in [2.24, 2.45) is 5.92 Å². The quantitative estimate of drug-likeness (QED) is 0.693. The zero-order valence-electron chi connectivity index (χ0n) is 16.5. The highest BCUT2D eigenvalue weighted by Crippen LogP contribution is 2.27. The van der Waals surface area contributed by atoms with E-state index in [0.717, 1.165) is 24.3 Å². The molecule has 150 valence electrons. The second kappa shape index (κ2) is 9.48. The number of H-pyrrole nitrogens is 1. The van der Waals surface area contributed by atoms with Crippen LogP contribution in [0.2, 0.25) is 0 Å². The summed E-state index contributed by atoms with van der Waals surface area (Å²) < 4.78 is 5.79. The van der Waals surface area contributed by atoms with E-state index in [0.29, 0.717) is 11.7 Å². The van der Waals surface area contributed by atoms with Crippen molar-refractivity contribution in [3.05, 3.63) is 40.3 Å². The summed E-state index contributed by atoms with van der Waals surface area (Å²) in [6.07, 6.45) is 5.15. The maximum atomic E-state index is 12.3. The Morgan fingerprint density at radius 3 is 2.64 bits per heavy atom. The normalized spacial score (nSPS) is 14.9. The summed E-state index contributed by atoms with van der Waals surface area (Å²) in [6.45, 7) is 4.71. The third kappa shape index (κ3) is 5.41. The Morgan fingerprint density at radius 2 is 2.04 bits per heavy atom. The van der Waals surface area contributed by atoms with Gasteiger partial charge in [-0.05, 0) is 56.4 Å². The van der Waals surface area contributed by atoms with Crippen LogP contribution in [-0.4, -0.2) is 33.7 Å². The minimum Gasteiger partial charge on any atom is -0.493 e. The molecule has 0 radical (unpaired) electrons. The molecule has 2 N–H and O–H groups in total. The van der Waals surface area contributed by atoms with E-state index in [1.54, 1.807) is 0 Å². The molecule has 0 saturated heterocycles. The second-order valence-corrected chi connectivity index (χ2v) is 7.46. The van der Waals surface area contributed by atoms with Crippen molar-refractivity contribution in [3.8, 4) is 17.1 Å². The maximum absolute atomic E-state index is 12.3. The molecule has 1 atom stereocenters. The minimum atomic E-state index is -0.313. The van der Waals surface area contributed by atoms with Gasteiger partial charge in [0.15, 0.2) is 5.82 Å². The summed E-state index contributed by atoms with van der Waals surface area (Å²) in [5.74, 6) is 1.82. The summed E-state index contributed by atoms with van der Waals surface area (Å²) in [5.41, 5.74) is 0.719. The molecule has 1 heterocycles. The van der Waals surface area contributed by atoms with Crippen molar-refractivity contribution in [3.63, 3.8) is 0 Å². The zero-order chi connectivity index (χ0) is 19.9. The van der Waals surface area contributed by atoms with Crippen LogP contribution >= 0.6 is 0 Å². The molecule has 0 aliphatic heterocycles. The van der Waals surface area contributed by atoms with Crippen molar-refractivity contribution in [1.29, 1.82) is 0 Å². The van der Waals surface area contributed by atoms with Crippen LogP contribution in [0, 0.1) is 5.92 Å². The van der Waals surface area contributed by atoms with E-state index in [4.69, 9.17) is 4.74 Å². The average Bonchev–Trinajstić information content (AvgIpc) is 2.66. The zero-order valence-corrected chi connectivity index (χ0v) is 16.5. The third-order valence-corrected chi connectivity index (χ3v) is 5.21. The largest absolute Gasteiger partial charge is 0.493 e. The van der Waals surface area contributed by atoms with Gasteiger partial charge in [-0.25, -0.2) is 0 Å². The van der Waals surface area contributed by atoms with E-state index in [2.05, 4.69) is 20.5 Å². The van der Waals surface area contributed by atoms with Crippen LogP contribution in [0.1, 0.15) is 51.6 Å². The number of hydrogen-bond donors (Lipinski definition) is 2. The highest BCUT2D eigenvalue weighted by Gasteiger charge is 2.18. The van der Waals surface area contributed by atoms with Gasteiger partial charge in [-0.1, -0.05) is 13.3 Å². The molecule has 1 amide bonds. The third-order valence-electron chi connectivity index (χ3n) is 5.21. The standard InChI is InChI=1S/C21H28N4O3/c1-3-14(2)22-19(26)12-11-18-21(27)23-20(25-24-18)16-7-9-17(10-8-16)28-13-15-5-4-6-15/h7-10,14-15H,3-6,11-13H2,1-2H3,(H,22,26)(H,23,25,27). The van der Waals surface area contributed by atoms with Gasteiger partial charge in [0.1, 0.15) is 11.4 Å². The fraction of sp³-hybridized carbons (Fsp3) is 0.524. The molecular formula is C21H28N4O3. The molecule has 7 nitrogen and oxygen atoms in total. The van der Waals surface area contributed by atoms with Gasteiger partial charge in [-0.15, -0.1) is 10.2 Å². The number of carbonyl (C=O) groups excluding carboxylic acids is 1. The molecule has 1 aliphatic carbocycles. The van der Waals surface area contributed by atoms with Crippen molar-refractivity contribution in [2.45, 2.75) is 58.4 Å². The summed E-state index contributed by atoms with van der Waals surface area (Å²) in [4.78, 5) is 26.9. The molecular weight excluding hydrogens is 356 g/mol. The maximum Gasteiger partial charge on any atom is 0.273 e. The second-order valence-electron chi connectivity index (χ2n) is 7.46. The van der Waals surface area contributed by atoms with Gasteiger partial charge in [0.2, 0.25) is 5.91 Å². The molecule has 1 aromatic heterocycles. The number of rotatable bonds is 9. The molecule has 0 spiro atoms. The van der Waals surface area contributed by atoms with Gasteiger partial charge < -0.3 is 15.0 Å². The van der Waals surface area contributed by atoms with E-state index >= 15 is 0 Å². The van der Waals surface area contributed by atoms with Gasteiger partial charge in [-0.2, -0.15) is 0 Å². The summed E-state index contributed by atoms with van der Waals surface area (Å²) in [7, 11) is 0. The number of nitrogens with one attached hydrogen (secondary N) is 2. The van der Waals surface area contributed by atoms with Crippen molar-refractivity contribution >= 4 is 5.91 Å². The monoisotopic (exact) mass is 384 g/mol. The molecule has 0 bridgehead atoms. The van der Waals surface area contributed by atoms with Crippen molar-refractivity contribution in [2.75, 3.05) is 6.61 Å². The van der Waals surface area contributed by atoms with Gasteiger partial charge in [0, 0.05) is 24.4 Å². The van der Waals surface area contributed by atoms with Crippen molar-refractivity contribution < 1.29 is 9.53 Å². The highest BCUT2D eigenvalue weighted by atomic mass is 16.5. The number of benzene rings is 1. The minimum absolute atomic E-state index is 0.0860. The van der Waals surface area contributed by atoms with Gasteiger partial charge >= 0.3 is 0 Å². The first-order chi connectivity index (χ1) is 13.5. The lowest BCUT2D eigenvalue weighted by Crippen LogP contribution is -2.32. The number of aryl methyl sites for hydroxylation is 1. The molecule has 7 heteroatoms. The molecule has 3 rings (SSSR count). The van der Waals surface area contributed by atoms with Crippen LogP contribution in [0.3, 0.4) is 0 Å². The van der Waals surface area contributed by atoms with Crippen LogP contribution in [0.5, 0.6) is 5.75 Å². The Bertz CT molecular complexity index is 843. The lowest BCUT2D eigenvalue weighted by molar-refractivity contribution is -0.121. The number of amides is 1. The Balaban J connectivity index is 1.57.